The summed E-state index contributed by atoms with van der Waals surface area (Å²) in [4.78, 5) is 21.7. The Morgan fingerprint density at radius 2 is 1.29 bits per heavy atom. The number of benzene rings is 1. The van der Waals surface area contributed by atoms with Gasteiger partial charge in [0.15, 0.2) is 0 Å². The molecule has 1 atom stereocenters. The molecule has 1 aromatic carbocycles. The van der Waals surface area contributed by atoms with Crippen molar-refractivity contribution in [1.82, 2.24) is 0 Å². The topological polar surface area (TPSA) is 118 Å². The van der Waals surface area contributed by atoms with Crippen LogP contribution < -0.4 is 5.32 Å². The minimum Gasteiger partial charge on any atom is -0.557 e. The second kappa shape index (κ2) is 26.4. The highest BCUT2D eigenvalue weighted by Crippen LogP contribution is 2.43. The Bertz CT molecular complexity index is 930. The molecule has 0 spiro atoms. The van der Waals surface area contributed by atoms with Crippen molar-refractivity contribution >= 4 is 33.3 Å². The number of hydrogen-bond donors (Lipinski definition) is 3. The minimum atomic E-state index is -3.91. The number of amides is 1. The zero-order valence-electron chi connectivity index (χ0n) is 28.7. The molecular weight excluding hydrogens is 588 g/mol. The summed E-state index contributed by atoms with van der Waals surface area (Å²) in [6.45, 7) is 1.16. The summed E-state index contributed by atoms with van der Waals surface area (Å²) < 4.78 is 27.5. The van der Waals surface area contributed by atoms with Crippen LogP contribution >= 0.6 is 7.82 Å². The van der Waals surface area contributed by atoms with Gasteiger partial charge in [-0.1, -0.05) is 102 Å². The number of phosphoric ester groups is 1. The molecule has 0 aromatic heterocycles. The van der Waals surface area contributed by atoms with Gasteiger partial charge in [0.1, 0.15) is 19.6 Å². The number of likely N-dealkylation sites (N-methyl/N-ethyl adjacent to an activating group) is 1. The van der Waals surface area contributed by atoms with Crippen molar-refractivity contribution in [1.29, 1.82) is 5.41 Å². The number of aryl methyl sites for hydroxylation is 1. The van der Waals surface area contributed by atoms with E-state index in [9.17, 15) is 14.3 Å². The van der Waals surface area contributed by atoms with Gasteiger partial charge in [-0.25, -0.2) is 4.57 Å². The van der Waals surface area contributed by atoms with Crippen molar-refractivity contribution in [2.24, 2.45) is 0 Å². The summed E-state index contributed by atoms with van der Waals surface area (Å²) in [6.07, 6.45) is 24.1. The molecule has 11 heteroatoms. The van der Waals surface area contributed by atoms with E-state index >= 15 is 0 Å². The van der Waals surface area contributed by atoms with Crippen LogP contribution in [0.5, 0.6) is 0 Å². The summed E-state index contributed by atoms with van der Waals surface area (Å²) in [7, 11) is 2.61. The van der Waals surface area contributed by atoms with E-state index in [0.29, 0.717) is 24.9 Å². The second-order valence-corrected chi connectivity index (χ2v) is 14.7. The first-order valence-electron chi connectivity index (χ1n) is 17.5. The molecule has 1 aromatic rings. The predicted octanol–water partition coefficient (Wildman–Crippen LogP) is 8.42. The maximum Gasteiger partial charge on any atom is 0.472 e. The molecule has 1 unspecified atom stereocenters. The van der Waals surface area contributed by atoms with E-state index in [2.05, 4.69) is 17.4 Å². The summed E-state index contributed by atoms with van der Waals surface area (Å²) in [6, 6.07) is 8.23. The van der Waals surface area contributed by atoms with Gasteiger partial charge in [-0.2, -0.15) is 0 Å². The molecule has 0 heterocycles. The van der Waals surface area contributed by atoms with Gasteiger partial charge in [0.25, 0.3) is 0 Å². The molecule has 45 heavy (non-hydrogen) atoms. The molecule has 1 amide bonds. The maximum absolute atomic E-state index is 12.0. The average Bonchev–Trinajstić information content (AvgIpc) is 2.98. The lowest BCUT2D eigenvalue weighted by molar-refractivity contribution is -0.870. The van der Waals surface area contributed by atoms with Crippen LogP contribution in [0.1, 0.15) is 121 Å². The Balaban J connectivity index is 1.85. The number of anilines is 1. The monoisotopic (exact) mass is 652 g/mol. The summed E-state index contributed by atoms with van der Waals surface area (Å²) in [5.74, 6) is 0.0250. The van der Waals surface area contributed by atoms with E-state index in [1.54, 1.807) is 0 Å². The molecule has 0 fully saturated rings. The van der Waals surface area contributed by atoms with Crippen LogP contribution in [-0.4, -0.2) is 70.1 Å². The van der Waals surface area contributed by atoms with Crippen molar-refractivity contribution in [2.45, 2.75) is 128 Å². The van der Waals surface area contributed by atoms with Gasteiger partial charge >= 0.3 is 15.3 Å². The number of nitrogens with one attached hydrogen (secondary N) is 2. The zero-order valence-corrected chi connectivity index (χ0v) is 29.6. The van der Waals surface area contributed by atoms with Crippen molar-refractivity contribution in [2.75, 3.05) is 46.2 Å². The lowest BCUT2D eigenvalue weighted by atomic mass is 9.92. The molecule has 1 rings (SSSR count). The second-order valence-electron chi connectivity index (χ2n) is 13.2. The van der Waals surface area contributed by atoms with Crippen LogP contribution in [0.2, 0.25) is 6.32 Å². The number of rotatable bonds is 31. The van der Waals surface area contributed by atoms with Crippen molar-refractivity contribution < 1.29 is 32.4 Å². The lowest BCUT2D eigenvalue weighted by Gasteiger charge is -2.24. The molecule has 0 saturated carbocycles. The van der Waals surface area contributed by atoms with Gasteiger partial charge in [-0.3, -0.25) is 19.3 Å². The van der Waals surface area contributed by atoms with Gasteiger partial charge in [0, 0.05) is 12.1 Å². The van der Waals surface area contributed by atoms with Crippen molar-refractivity contribution in [3.05, 3.63) is 29.8 Å². The third-order valence-electron chi connectivity index (χ3n) is 7.87. The van der Waals surface area contributed by atoms with E-state index in [4.69, 9.17) is 19.1 Å². The molecule has 0 aliphatic rings. The third-order valence-corrected chi connectivity index (χ3v) is 8.89. The predicted molar refractivity (Wildman–Crippen MR) is 188 cm³/mol. The highest BCUT2D eigenvalue weighted by Gasteiger charge is 2.22. The average molecular weight is 653 g/mol. The number of hydrogen-bond acceptors (Lipinski definition) is 6. The Morgan fingerprint density at radius 3 is 1.80 bits per heavy atom. The smallest absolute Gasteiger partial charge is 0.472 e. The Hall–Kier alpha value is -1.71. The summed E-state index contributed by atoms with van der Waals surface area (Å²) >= 11 is 0. The number of unbranched alkanes of at least 4 members (excludes halogenated alkanes) is 15. The van der Waals surface area contributed by atoms with E-state index in [-0.39, 0.29) is 19.1 Å². The first kappa shape index (κ1) is 41.3. The fourth-order valence-corrected chi connectivity index (χ4v) is 5.81. The van der Waals surface area contributed by atoms with Crippen LogP contribution in [0.4, 0.5) is 5.69 Å². The highest BCUT2D eigenvalue weighted by molar-refractivity contribution is 7.47. The molecule has 0 saturated heterocycles. The van der Waals surface area contributed by atoms with Gasteiger partial charge in [-0.05, 0) is 49.7 Å². The number of phosphoric acid groups is 1. The quantitative estimate of drug-likeness (QED) is 0.0185. The van der Waals surface area contributed by atoms with E-state index in [0.717, 1.165) is 50.5 Å². The van der Waals surface area contributed by atoms with E-state index in [1.165, 1.54) is 89.0 Å². The number of carbonyl (C=O) groups excluding carboxylic acids is 1. The van der Waals surface area contributed by atoms with Gasteiger partial charge in [0.2, 0.25) is 5.91 Å². The standard InChI is InChI=1S/C34H63BN3O6P/c1-38(2,3)28-30-44-45(40,41)43-29-19-17-15-13-11-9-7-5-4-6-8-10-12-14-16-18-21-32-23-25-33(26-24-32)37-34(39)22-20-27-35-42-31-36/h23-26,31,35-36H,4-22,27-30H2,1-3H3,(H-,37,39,40,41)/p+1. The largest absolute Gasteiger partial charge is 0.557 e. The summed E-state index contributed by atoms with van der Waals surface area (Å²) in [5, 5.41) is 9.77. The Labute approximate surface area is 275 Å². The van der Waals surface area contributed by atoms with E-state index in [1.807, 2.05) is 33.3 Å². The van der Waals surface area contributed by atoms with Crippen LogP contribution in [0, 0.1) is 5.41 Å². The molecule has 0 radical (unpaired) electrons. The van der Waals surface area contributed by atoms with Gasteiger partial charge in [0.05, 0.1) is 27.7 Å². The van der Waals surface area contributed by atoms with Crippen LogP contribution in [0.3, 0.4) is 0 Å². The normalized spacial score (nSPS) is 12.9. The highest BCUT2D eigenvalue weighted by atomic mass is 31.2. The fourth-order valence-electron chi connectivity index (χ4n) is 5.06. The fraction of sp³-hybridized carbons (Fsp3) is 0.765. The zero-order chi connectivity index (χ0) is 33.1. The molecule has 0 aliphatic carbocycles. The molecular formula is C34H64BN3O6P+. The number of carbonyl (C=O) groups is 1. The molecule has 0 aliphatic heterocycles. The molecule has 0 bridgehead atoms. The molecule has 9 nitrogen and oxygen atoms in total. The number of quaternary nitrogens is 1. The molecule has 258 valence electrons. The minimum absolute atomic E-state index is 0.0250. The van der Waals surface area contributed by atoms with Crippen LogP contribution in [0.25, 0.3) is 0 Å². The van der Waals surface area contributed by atoms with Crippen LogP contribution in [-0.2, 0) is 29.5 Å². The first-order valence-corrected chi connectivity index (χ1v) is 19.0. The van der Waals surface area contributed by atoms with Gasteiger partial charge in [-0.15, -0.1) is 0 Å². The lowest BCUT2D eigenvalue weighted by Crippen LogP contribution is -2.37. The Kier molecular flexibility index (Phi) is 24.2. The first-order chi connectivity index (χ1) is 21.6. The van der Waals surface area contributed by atoms with Crippen molar-refractivity contribution in [3.63, 3.8) is 0 Å². The maximum atomic E-state index is 12.0. The summed E-state index contributed by atoms with van der Waals surface area (Å²) in [5.41, 5.74) is 2.18. The van der Waals surface area contributed by atoms with E-state index < -0.39 is 7.82 Å². The van der Waals surface area contributed by atoms with Crippen molar-refractivity contribution in [3.8, 4) is 0 Å². The molecule has 3 N–H and O–H groups in total. The van der Waals surface area contributed by atoms with Gasteiger partial charge < -0.3 is 19.3 Å². The third kappa shape index (κ3) is 27.1. The van der Waals surface area contributed by atoms with Crippen LogP contribution in [0.15, 0.2) is 24.3 Å². The number of nitrogens with zero attached hydrogens (tertiary/aromatic N) is 1. The Morgan fingerprint density at radius 1 is 0.800 bits per heavy atom. The SMILES string of the molecule is C[N+](C)(C)CCOP(=O)(O)OCCCCCCCCCCCCCCCCCCc1ccc(NC(=O)CCCBOC=N)cc1.